The van der Waals surface area contributed by atoms with Crippen molar-refractivity contribution in [2.75, 3.05) is 19.6 Å². The van der Waals surface area contributed by atoms with Crippen LogP contribution in [0.5, 0.6) is 0 Å². The second kappa shape index (κ2) is 8.52. The minimum absolute atomic E-state index is 0.0888. The summed E-state index contributed by atoms with van der Waals surface area (Å²) in [5, 5.41) is 3.05. The molecule has 29 heavy (non-hydrogen) atoms. The molecule has 2 aromatic carbocycles. The lowest BCUT2D eigenvalue weighted by atomic mass is 9.63. The first kappa shape index (κ1) is 20.5. The molecule has 4 rings (SSSR count). The van der Waals surface area contributed by atoms with E-state index in [1.54, 1.807) is 0 Å². The Morgan fingerprint density at radius 3 is 2.45 bits per heavy atom. The SMILES string of the molecule is O=C1CCC(c2ccc(F)cc2)(C2CCN(Cc3ccc(Br)cc3F)CC2)CN1. The lowest BCUT2D eigenvalue weighted by molar-refractivity contribution is -0.124. The highest BCUT2D eigenvalue weighted by atomic mass is 79.9. The molecule has 2 fully saturated rings. The molecule has 1 N–H and O–H groups in total. The molecule has 0 saturated carbocycles. The van der Waals surface area contributed by atoms with Gasteiger partial charge in [-0.15, -0.1) is 0 Å². The summed E-state index contributed by atoms with van der Waals surface area (Å²) < 4.78 is 28.4. The maximum atomic E-state index is 14.2. The number of piperidine rings is 2. The van der Waals surface area contributed by atoms with Gasteiger partial charge in [-0.1, -0.05) is 34.1 Å². The summed E-state index contributed by atoms with van der Waals surface area (Å²) in [5.41, 5.74) is 1.66. The van der Waals surface area contributed by atoms with Crippen molar-refractivity contribution in [2.24, 2.45) is 5.92 Å². The highest BCUT2D eigenvalue weighted by Gasteiger charge is 2.44. The molecule has 2 aliphatic rings. The van der Waals surface area contributed by atoms with Gasteiger partial charge in [-0.25, -0.2) is 8.78 Å². The van der Waals surface area contributed by atoms with Crippen LogP contribution < -0.4 is 5.32 Å². The number of amides is 1. The van der Waals surface area contributed by atoms with Gasteiger partial charge < -0.3 is 5.32 Å². The number of nitrogens with one attached hydrogen (secondary N) is 1. The van der Waals surface area contributed by atoms with Crippen LogP contribution in [0.15, 0.2) is 46.9 Å². The minimum atomic E-state index is -0.241. The summed E-state index contributed by atoms with van der Waals surface area (Å²) in [6.45, 7) is 2.98. The first-order valence-corrected chi connectivity index (χ1v) is 10.9. The second-order valence-corrected chi connectivity index (χ2v) is 9.14. The Morgan fingerprint density at radius 2 is 1.83 bits per heavy atom. The van der Waals surface area contributed by atoms with Crippen molar-refractivity contribution >= 4 is 21.8 Å². The monoisotopic (exact) mass is 462 g/mol. The third-order valence-corrected chi connectivity index (χ3v) is 7.09. The number of carbonyl (C=O) groups is 1. The molecule has 0 spiro atoms. The molecule has 1 unspecified atom stereocenters. The summed E-state index contributed by atoms with van der Waals surface area (Å²) in [4.78, 5) is 14.1. The highest BCUT2D eigenvalue weighted by molar-refractivity contribution is 9.10. The van der Waals surface area contributed by atoms with E-state index in [1.165, 1.54) is 18.2 Å². The van der Waals surface area contributed by atoms with Crippen LogP contribution in [0.25, 0.3) is 0 Å². The van der Waals surface area contributed by atoms with E-state index in [4.69, 9.17) is 0 Å². The average molecular weight is 463 g/mol. The minimum Gasteiger partial charge on any atom is -0.355 e. The molecule has 2 saturated heterocycles. The van der Waals surface area contributed by atoms with Gasteiger partial charge in [0.15, 0.2) is 0 Å². The predicted molar refractivity (Wildman–Crippen MR) is 112 cm³/mol. The molecule has 1 amide bonds. The molecule has 2 aromatic rings. The smallest absolute Gasteiger partial charge is 0.220 e. The molecular weight excluding hydrogens is 438 g/mol. The van der Waals surface area contributed by atoms with Crippen LogP contribution in [-0.2, 0) is 16.8 Å². The highest BCUT2D eigenvalue weighted by Crippen LogP contribution is 2.43. The maximum Gasteiger partial charge on any atom is 0.220 e. The van der Waals surface area contributed by atoms with Crippen LogP contribution in [0.4, 0.5) is 8.78 Å². The van der Waals surface area contributed by atoms with Crippen LogP contribution in [0, 0.1) is 17.6 Å². The number of carbonyl (C=O) groups excluding carboxylic acids is 1. The molecule has 2 heterocycles. The fourth-order valence-corrected chi connectivity index (χ4v) is 5.25. The quantitative estimate of drug-likeness (QED) is 0.708. The fourth-order valence-electron chi connectivity index (χ4n) is 4.92. The topological polar surface area (TPSA) is 32.3 Å². The largest absolute Gasteiger partial charge is 0.355 e. The fraction of sp³-hybridized carbons (Fsp3) is 0.435. The number of likely N-dealkylation sites (tertiary alicyclic amines) is 1. The summed E-state index contributed by atoms with van der Waals surface area (Å²) in [6.07, 6.45) is 3.24. The van der Waals surface area contributed by atoms with E-state index in [9.17, 15) is 13.6 Å². The number of nitrogens with zero attached hydrogens (tertiary/aromatic N) is 1. The zero-order valence-electron chi connectivity index (χ0n) is 16.3. The Balaban J connectivity index is 1.48. The van der Waals surface area contributed by atoms with Crippen molar-refractivity contribution in [3.8, 4) is 0 Å². The van der Waals surface area contributed by atoms with E-state index < -0.39 is 0 Å². The molecule has 2 aliphatic heterocycles. The van der Waals surface area contributed by atoms with E-state index in [0.29, 0.717) is 31.0 Å². The normalized spacial score (nSPS) is 23.8. The first-order valence-electron chi connectivity index (χ1n) is 10.2. The molecule has 0 radical (unpaired) electrons. The standard InChI is InChI=1S/C23H25BrF2N2O/c24-19-4-1-16(21(26)13-19)14-28-11-8-18(9-12-28)23(10-7-22(29)27-15-23)17-2-5-20(25)6-3-17/h1-6,13,18H,7-12,14-15H2,(H,27,29). The van der Waals surface area contributed by atoms with Gasteiger partial charge in [0.1, 0.15) is 11.6 Å². The van der Waals surface area contributed by atoms with Crippen molar-refractivity contribution in [1.82, 2.24) is 10.2 Å². The van der Waals surface area contributed by atoms with Crippen molar-refractivity contribution in [3.63, 3.8) is 0 Å². The Bertz CT molecular complexity index is 869. The Morgan fingerprint density at radius 1 is 1.10 bits per heavy atom. The van der Waals surface area contributed by atoms with Crippen molar-refractivity contribution in [2.45, 2.75) is 37.6 Å². The van der Waals surface area contributed by atoms with E-state index in [-0.39, 0.29) is 23.0 Å². The van der Waals surface area contributed by atoms with Crippen LogP contribution in [-0.4, -0.2) is 30.4 Å². The van der Waals surface area contributed by atoms with Crippen LogP contribution in [0.2, 0.25) is 0 Å². The number of hydrogen-bond acceptors (Lipinski definition) is 2. The van der Waals surface area contributed by atoms with Crippen LogP contribution in [0.1, 0.15) is 36.8 Å². The van der Waals surface area contributed by atoms with Gasteiger partial charge in [-0.3, -0.25) is 9.69 Å². The third kappa shape index (κ3) is 4.38. The Labute approximate surface area is 178 Å². The van der Waals surface area contributed by atoms with Gasteiger partial charge in [0.2, 0.25) is 5.91 Å². The number of hydrogen-bond donors (Lipinski definition) is 1. The van der Waals surface area contributed by atoms with E-state index in [2.05, 4.69) is 26.1 Å². The number of halogens is 3. The Hall–Kier alpha value is -1.79. The van der Waals surface area contributed by atoms with Gasteiger partial charge in [0.05, 0.1) is 0 Å². The maximum absolute atomic E-state index is 14.2. The molecular formula is C23H25BrF2N2O. The molecule has 6 heteroatoms. The zero-order chi connectivity index (χ0) is 20.4. The van der Waals surface area contributed by atoms with Gasteiger partial charge in [0, 0.05) is 35.0 Å². The second-order valence-electron chi connectivity index (χ2n) is 8.23. The summed E-state index contributed by atoms with van der Waals surface area (Å²) in [6, 6.07) is 12.0. The molecule has 3 nitrogen and oxygen atoms in total. The molecule has 0 bridgehead atoms. The summed E-state index contributed by atoms with van der Waals surface area (Å²) in [5.74, 6) is 0.0693. The lowest BCUT2D eigenvalue weighted by Gasteiger charge is -2.47. The summed E-state index contributed by atoms with van der Waals surface area (Å²) >= 11 is 3.30. The predicted octanol–water partition coefficient (Wildman–Crippen LogP) is 4.79. The third-order valence-electron chi connectivity index (χ3n) is 6.60. The average Bonchev–Trinajstić information content (AvgIpc) is 2.72. The van der Waals surface area contributed by atoms with Crippen LogP contribution >= 0.6 is 15.9 Å². The molecule has 0 aliphatic carbocycles. The van der Waals surface area contributed by atoms with E-state index in [1.807, 2.05) is 24.3 Å². The van der Waals surface area contributed by atoms with Gasteiger partial charge in [0.25, 0.3) is 0 Å². The summed E-state index contributed by atoms with van der Waals surface area (Å²) in [7, 11) is 0. The van der Waals surface area contributed by atoms with Gasteiger partial charge >= 0.3 is 0 Å². The van der Waals surface area contributed by atoms with Crippen molar-refractivity contribution in [1.29, 1.82) is 0 Å². The number of benzene rings is 2. The zero-order valence-corrected chi connectivity index (χ0v) is 17.9. The molecule has 0 aromatic heterocycles. The van der Waals surface area contributed by atoms with E-state index >= 15 is 0 Å². The molecule has 1 atom stereocenters. The lowest BCUT2D eigenvalue weighted by Crippen LogP contribution is -2.53. The van der Waals surface area contributed by atoms with Gasteiger partial charge in [-0.2, -0.15) is 0 Å². The first-order chi connectivity index (χ1) is 14.0. The van der Waals surface area contributed by atoms with Gasteiger partial charge in [-0.05, 0) is 68.1 Å². The molecule has 154 valence electrons. The van der Waals surface area contributed by atoms with E-state index in [0.717, 1.165) is 42.4 Å². The number of rotatable bonds is 4. The van der Waals surface area contributed by atoms with Crippen molar-refractivity contribution in [3.05, 3.63) is 69.7 Å². The Kier molecular flexibility index (Phi) is 6.02. The van der Waals surface area contributed by atoms with Crippen molar-refractivity contribution < 1.29 is 13.6 Å². The van der Waals surface area contributed by atoms with Crippen LogP contribution in [0.3, 0.4) is 0 Å².